The molecule has 0 saturated carbocycles. The quantitative estimate of drug-likeness (QED) is 0.777. The fraction of sp³-hybridized carbons (Fsp3) is 0.857. The number of piperidine rings is 1. The maximum Gasteiger partial charge on any atom is 0.244 e. The van der Waals surface area contributed by atoms with Crippen molar-refractivity contribution in [3.63, 3.8) is 0 Å². The second-order valence-electron chi connectivity index (χ2n) is 9.79. The van der Waals surface area contributed by atoms with E-state index in [1.807, 2.05) is 25.7 Å². The van der Waals surface area contributed by atoms with Crippen LogP contribution in [0.3, 0.4) is 0 Å². The van der Waals surface area contributed by atoms with Crippen molar-refractivity contribution in [1.29, 1.82) is 0 Å². The highest BCUT2D eigenvalue weighted by Crippen LogP contribution is 2.21. The third kappa shape index (κ3) is 6.19. The van der Waals surface area contributed by atoms with Crippen molar-refractivity contribution in [2.24, 2.45) is 17.3 Å². The fourth-order valence-electron chi connectivity index (χ4n) is 4.03. The van der Waals surface area contributed by atoms with E-state index in [4.69, 9.17) is 0 Å². The first-order valence-electron chi connectivity index (χ1n) is 10.6. The number of hydrogen-bond acceptors (Lipinski definition) is 4. The standard InChI is InChI=1S/C21H38N4O3/c1-15-11-16(2)13-25(12-15)18(26)14-23-7-9-24(10-8-23)19(27)17(3)22-20(28)21(4,5)6/h15-17H,7-14H2,1-6H3,(H,22,28). The first kappa shape index (κ1) is 22.7. The van der Waals surface area contributed by atoms with E-state index >= 15 is 0 Å². The Balaban J connectivity index is 1.78. The Labute approximate surface area is 169 Å². The molecule has 1 N–H and O–H groups in total. The largest absolute Gasteiger partial charge is 0.344 e. The smallest absolute Gasteiger partial charge is 0.244 e. The Hall–Kier alpha value is -1.63. The van der Waals surface area contributed by atoms with Crippen LogP contribution in [-0.4, -0.2) is 84.3 Å². The van der Waals surface area contributed by atoms with Gasteiger partial charge in [-0.15, -0.1) is 0 Å². The molecule has 2 aliphatic heterocycles. The van der Waals surface area contributed by atoms with E-state index in [0.717, 1.165) is 13.1 Å². The van der Waals surface area contributed by atoms with E-state index in [-0.39, 0.29) is 17.7 Å². The number of likely N-dealkylation sites (tertiary alicyclic amines) is 1. The molecule has 0 bridgehead atoms. The van der Waals surface area contributed by atoms with Gasteiger partial charge in [-0.3, -0.25) is 19.3 Å². The number of amides is 3. The third-order valence-corrected chi connectivity index (χ3v) is 5.66. The summed E-state index contributed by atoms with van der Waals surface area (Å²) in [6, 6.07) is -0.531. The zero-order valence-electron chi connectivity index (χ0n) is 18.5. The summed E-state index contributed by atoms with van der Waals surface area (Å²) in [6.45, 7) is 16.4. The third-order valence-electron chi connectivity index (χ3n) is 5.66. The number of hydrogen-bond donors (Lipinski definition) is 1. The molecule has 0 aromatic rings. The maximum absolute atomic E-state index is 12.7. The first-order valence-corrected chi connectivity index (χ1v) is 10.6. The molecule has 2 heterocycles. The van der Waals surface area contributed by atoms with Gasteiger partial charge in [-0.05, 0) is 25.2 Å². The lowest BCUT2D eigenvalue weighted by atomic mass is 9.92. The molecular formula is C21H38N4O3. The molecule has 3 amide bonds. The average Bonchev–Trinajstić information content (AvgIpc) is 2.60. The second kappa shape index (κ2) is 9.25. The van der Waals surface area contributed by atoms with Crippen LogP contribution in [0.1, 0.15) is 48.0 Å². The van der Waals surface area contributed by atoms with E-state index in [1.165, 1.54) is 6.42 Å². The van der Waals surface area contributed by atoms with Crippen LogP contribution in [0.4, 0.5) is 0 Å². The summed E-state index contributed by atoms with van der Waals surface area (Å²) in [5, 5.41) is 2.81. The molecule has 7 nitrogen and oxygen atoms in total. The lowest BCUT2D eigenvalue weighted by Gasteiger charge is -2.39. The van der Waals surface area contributed by atoms with Gasteiger partial charge in [0.1, 0.15) is 6.04 Å². The summed E-state index contributed by atoms with van der Waals surface area (Å²) in [4.78, 5) is 43.3. The zero-order valence-corrected chi connectivity index (χ0v) is 18.5. The van der Waals surface area contributed by atoms with Gasteiger partial charge in [-0.1, -0.05) is 34.6 Å². The molecule has 3 unspecified atom stereocenters. The van der Waals surface area contributed by atoms with E-state index in [9.17, 15) is 14.4 Å². The Bertz CT molecular complexity index is 569. The predicted molar refractivity (Wildman–Crippen MR) is 110 cm³/mol. The Morgan fingerprint density at radius 1 is 0.964 bits per heavy atom. The molecule has 2 aliphatic rings. The summed E-state index contributed by atoms with van der Waals surface area (Å²) in [7, 11) is 0. The Morgan fingerprint density at radius 3 is 2.00 bits per heavy atom. The van der Waals surface area contributed by atoms with Crippen molar-refractivity contribution >= 4 is 17.7 Å². The molecule has 160 valence electrons. The van der Waals surface area contributed by atoms with Crippen LogP contribution < -0.4 is 5.32 Å². The van der Waals surface area contributed by atoms with Crippen LogP contribution in [0.15, 0.2) is 0 Å². The summed E-state index contributed by atoms with van der Waals surface area (Å²) >= 11 is 0. The van der Waals surface area contributed by atoms with Crippen molar-refractivity contribution in [2.45, 2.75) is 54.0 Å². The highest BCUT2D eigenvalue weighted by atomic mass is 16.2. The molecule has 0 aromatic heterocycles. The Morgan fingerprint density at radius 2 is 1.50 bits per heavy atom. The number of piperazine rings is 1. The van der Waals surface area contributed by atoms with Gasteiger partial charge in [-0.25, -0.2) is 0 Å². The van der Waals surface area contributed by atoms with Gasteiger partial charge >= 0.3 is 0 Å². The molecule has 3 atom stereocenters. The van der Waals surface area contributed by atoms with Crippen molar-refractivity contribution in [2.75, 3.05) is 45.8 Å². The van der Waals surface area contributed by atoms with Gasteiger partial charge in [0.15, 0.2) is 0 Å². The summed E-state index contributed by atoms with van der Waals surface area (Å²) in [5.74, 6) is 1.15. The average molecular weight is 395 g/mol. The molecule has 7 heteroatoms. The van der Waals surface area contributed by atoms with Gasteiger partial charge in [0.05, 0.1) is 6.54 Å². The molecule has 0 radical (unpaired) electrons. The van der Waals surface area contributed by atoms with Gasteiger partial charge in [0, 0.05) is 44.7 Å². The molecule has 0 aliphatic carbocycles. The SMILES string of the molecule is CC1CC(C)CN(C(=O)CN2CCN(C(=O)C(C)NC(=O)C(C)(C)C)CC2)C1. The minimum atomic E-state index is -0.531. The van der Waals surface area contributed by atoms with E-state index in [1.54, 1.807) is 11.8 Å². The maximum atomic E-state index is 12.7. The fourth-order valence-corrected chi connectivity index (χ4v) is 4.03. The Kier molecular flexibility index (Phi) is 7.48. The van der Waals surface area contributed by atoms with Crippen LogP contribution in [0.25, 0.3) is 0 Å². The first-order chi connectivity index (χ1) is 13.0. The molecule has 2 rings (SSSR count). The number of carbonyl (C=O) groups excluding carboxylic acids is 3. The molecular weight excluding hydrogens is 356 g/mol. The number of nitrogens with zero attached hydrogens (tertiary/aromatic N) is 3. The van der Waals surface area contributed by atoms with Gasteiger partial charge < -0.3 is 15.1 Å². The predicted octanol–water partition coefficient (Wildman–Crippen LogP) is 1.19. The van der Waals surface area contributed by atoms with Crippen molar-refractivity contribution in [1.82, 2.24) is 20.0 Å². The molecule has 0 spiro atoms. The number of rotatable bonds is 4. The topological polar surface area (TPSA) is 73.0 Å². The minimum absolute atomic E-state index is 0.0535. The number of carbonyl (C=O) groups is 3. The lowest BCUT2D eigenvalue weighted by molar-refractivity contribution is -0.140. The summed E-state index contributed by atoms with van der Waals surface area (Å²) in [5.41, 5.74) is -0.517. The van der Waals surface area contributed by atoms with E-state index in [0.29, 0.717) is 44.6 Å². The molecule has 2 saturated heterocycles. The highest BCUT2D eigenvalue weighted by molar-refractivity contribution is 5.89. The van der Waals surface area contributed by atoms with Crippen LogP contribution in [-0.2, 0) is 14.4 Å². The van der Waals surface area contributed by atoms with Gasteiger partial charge in [0.2, 0.25) is 17.7 Å². The van der Waals surface area contributed by atoms with Crippen molar-refractivity contribution in [3.8, 4) is 0 Å². The summed E-state index contributed by atoms with van der Waals surface area (Å²) < 4.78 is 0. The van der Waals surface area contributed by atoms with Crippen LogP contribution in [0, 0.1) is 17.3 Å². The van der Waals surface area contributed by atoms with Crippen LogP contribution >= 0.6 is 0 Å². The highest BCUT2D eigenvalue weighted by Gasteiger charge is 2.31. The van der Waals surface area contributed by atoms with Gasteiger partial charge in [-0.2, -0.15) is 0 Å². The number of nitrogens with one attached hydrogen (secondary N) is 1. The molecule has 0 aromatic carbocycles. The van der Waals surface area contributed by atoms with Gasteiger partial charge in [0.25, 0.3) is 0 Å². The second-order valence-corrected chi connectivity index (χ2v) is 9.79. The van der Waals surface area contributed by atoms with Crippen molar-refractivity contribution in [3.05, 3.63) is 0 Å². The van der Waals surface area contributed by atoms with E-state index in [2.05, 4.69) is 24.1 Å². The summed E-state index contributed by atoms with van der Waals surface area (Å²) in [6.07, 6.45) is 1.19. The lowest BCUT2D eigenvalue weighted by Crippen LogP contribution is -2.56. The zero-order chi connectivity index (χ0) is 21.1. The molecule has 2 fully saturated rings. The normalized spacial score (nSPS) is 25.4. The monoisotopic (exact) mass is 394 g/mol. The van der Waals surface area contributed by atoms with Crippen molar-refractivity contribution < 1.29 is 14.4 Å². The van der Waals surface area contributed by atoms with Crippen LogP contribution in [0.2, 0.25) is 0 Å². The molecule has 28 heavy (non-hydrogen) atoms. The van der Waals surface area contributed by atoms with Crippen LogP contribution in [0.5, 0.6) is 0 Å². The minimum Gasteiger partial charge on any atom is -0.344 e. The van der Waals surface area contributed by atoms with E-state index < -0.39 is 11.5 Å².